The van der Waals surface area contributed by atoms with Gasteiger partial charge in [0.1, 0.15) is 6.10 Å². The molecule has 5 nitrogen and oxygen atoms in total. The van der Waals surface area contributed by atoms with E-state index in [2.05, 4.69) is 20.9 Å². The molecule has 1 atom stereocenters. The predicted molar refractivity (Wildman–Crippen MR) is 75.7 cm³/mol. The first-order valence-corrected chi connectivity index (χ1v) is 6.61. The van der Waals surface area contributed by atoms with Crippen LogP contribution >= 0.6 is 15.9 Å². The van der Waals surface area contributed by atoms with Gasteiger partial charge >= 0.3 is 0 Å². The smallest absolute Gasteiger partial charge is 0.217 e. The fourth-order valence-electron chi connectivity index (χ4n) is 1.90. The normalized spacial score (nSPS) is 17.7. The molecular formula is C13H16BrNO4. The molecule has 104 valence electrons. The summed E-state index contributed by atoms with van der Waals surface area (Å²) in [6.45, 7) is 2.63. The second-order valence-electron chi connectivity index (χ2n) is 4.08. The van der Waals surface area contributed by atoms with Crippen LogP contribution in [0.3, 0.4) is 0 Å². The average molecular weight is 330 g/mol. The summed E-state index contributed by atoms with van der Waals surface area (Å²) in [6.07, 6.45) is 0.0843. The second kappa shape index (κ2) is 5.69. The monoisotopic (exact) mass is 329 g/mol. The first-order chi connectivity index (χ1) is 9.12. The van der Waals surface area contributed by atoms with Crippen LogP contribution in [0.15, 0.2) is 15.5 Å². The van der Waals surface area contributed by atoms with E-state index in [1.807, 2.05) is 13.0 Å². The molecule has 0 spiro atoms. The quantitative estimate of drug-likeness (QED) is 0.852. The van der Waals surface area contributed by atoms with Gasteiger partial charge < -0.3 is 18.9 Å². The second-order valence-corrected chi connectivity index (χ2v) is 4.87. The lowest BCUT2D eigenvalue weighted by Gasteiger charge is -2.16. The Kier molecular flexibility index (Phi) is 4.19. The van der Waals surface area contributed by atoms with E-state index < -0.39 is 0 Å². The van der Waals surface area contributed by atoms with Gasteiger partial charge in [-0.3, -0.25) is 0 Å². The van der Waals surface area contributed by atoms with Crippen molar-refractivity contribution >= 4 is 21.8 Å². The maximum absolute atomic E-state index is 5.67. The van der Waals surface area contributed by atoms with Gasteiger partial charge in [0.15, 0.2) is 11.5 Å². The number of rotatable bonds is 4. The Morgan fingerprint density at radius 1 is 1.21 bits per heavy atom. The Labute approximate surface area is 120 Å². The third kappa shape index (κ3) is 2.49. The molecule has 0 N–H and O–H groups in total. The summed E-state index contributed by atoms with van der Waals surface area (Å²) >= 11 is 3.51. The summed E-state index contributed by atoms with van der Waals surface area (Å²) in [5.41, 5.74) is 0.791. The molecule has 1 aromatic carbocycles. The number of benzene rings is 1. The molecule has 0 saturated carbocycles. The highest BCUT2D eigenvalue weighted by Crippen LogP contribution is 2.45. The van der Waals surface area contributed by atoms with E-state index in [-0.39, 0.29) is 6.10 Å². The summed E-state index contributed by atoms with van der Waals surface area (Å²) in [5, 5.41) is 0. The number of methoxy groups -OCH3 is 3. The largest absolute Gasteiger partial charge is 0.493 e. The van der Waals surface area contributed by atoms with E-state index in [0.29, 0.717) is 29.7 Å². The number of hydrogen-bond acceptors (Lipinski definition) is 5. The van der Waals surface area contributed by atoms with Gasteiger partial charge in [-0.25, -0.2) is 4.99 Å². The maximum atomic E-state index is 5.67. The van der Waals surface area contributed by atoms with Gasteiger partial charge in [0.05, 0.1) is 37.9 Å². The zero-order chi connectivity index (χ0) is 14.0. The Balaban J connectivity index is 2.56. The highest BCUT2D eigenvalue weighted by molar-refractivity contribution is 9.10. The molecule has 0 fully saturated rings. The van der Waals surface area contributed by atoms with E-state index >= 15 is 0 Å². The highest BCUT2D eigenvalue weighted by atomic mass is 79.9. The van der Waals surface area contributed by atoms with Crippen LogP contribution < -0.4 is 14.2 Å². The van der Waals surface area contributed by atoms with Crippen LogP contribution in [0, 0.1) is 0 Å². The van der Waals surface area contributed by atoms with Gasteiger partial charge in [-0.2, -0.15) is 0 Å². The average Bonchev–Trinajstić information content (AvgIpc) is 2.84. The number of aliphatic imine (C=N–C) groups is 1. The first kappa shape index (κ1) is 14.0. The predicted octanol–water partition coefficient (Wildman–Crippen LogP) is 2.64. The first-order valence-electron chi connectivity index (χ1n) is 5.82. The minimum atomic E-state index is 0.0843. The minimum Gasteiger partial charge on any atom is -0.493 e. The molecular weight excluding hydrogens is 314 g/mol. The lowest BCUT2D eigenvalue weighted by molar-refractivity contribution is 0.246. The Hall–Kier alpha value is -1.43. The molecule has 0 radical (unpaired) electrons. The molecule has 0 aliphatic carbocycles. The molecule has 0 aromatic heterocycles. The van der Waals surface area contributed by atoms with Crippen LogP contribution in [0.2, 0.25) is 0 Å². The van der Waals surface area contributed by atoms with Crippen LogP contribution in [0.1, 0.15) is 12.5 Å². The fraction of sp³-hybridized carbons (Fsp3) is 0.462. The van der Waals surface area contributed by atoms with Gasteiger partial charge in [0.25, 0.3) is 0 Å². The molecule has 1 aliphatic heterocycles. The summed E-state index contributed by atoms with van der Waals surface area (Å²) < 4.78 is 22.4. The molecule has 1 aromatic rings. The lowest BCUT2D eigenvalue weighted by atomic mass is 10.1. The van der Waals surface area contributed by atoms with Gasteiger partial charge in [-0.05, 0) is 28.9 Å². The fourth-order valence-corrected chi connectivity index (χ4v) is 2.53. The van der Waals surface area contributed by atoms with Crippen molar-refractivity contribution in [2.24, 2.45) is 4.99 Å². The van der Waals surface area contributed by atoms with Crippen molar-refractivity contribution < 1.29 is 18.9 Å². The van der Waals surface area contributed by atoms with Crippen molar-refractivity contribution in [2.75, 3.05) is 27.9 Å². The lowest BCUT2D eigenvalue weighted by Crippen LogP contribution is -2.10. The summed E-state index contributed by atoms with van der Waals surface area (Å²) in [5.74, 6) is 2.25. The molecule has 1 heterocycles. The van der Waals surface area contributed by atoms with Crippen LogP contribution in [0.5, 0.6) is 17.2 Å². The summed E-state index contributed by atoms with van der Waals surface area (Å²) in [6, 6.07) is 1.82. The molecule has 0 saturated heterocycles. The highest BCUT2D eigenvalue weighted by Gasteiger charge is 2.25. The Morgan fingerprint density at radius 2 is 1.89 bits per heavy atom. The van der Waals surface area contributed by atoms with Gasteiger partial charge in [0, 0.05) is 0 Å². The van der Waals surface area contributed by atoms with Crippen molar-refractivity contribution in [3.05, 3.63) is 16.1 Å². The Bertz CT molecular complexity index is 516. The molecule has 6 heteroatoms. The maximum Gasteiger partial charge on any atom is 0.217 e. The van der Waals surface area contributed by atoms with Gasteiger partial charge in [-0.1, -0.05) is 0 Å². The number of ether oxygens (including phenoxy) is 4. The van der Waals surface area contributed by atoms with Crippen LogP contribution in [-0.4, -0.2) is 39.9 Å². The number of hydrogen-bond donors (Lipinski definition) is 0. The molecule has 0 bridgehead atoms. The third-order valence-corrected chi connectivity index (χ3v) is 3.59. The molecule has 1 aliphatic rings. The minimum absolute atomic E-state index is 0.0843. The van der Waals surface area contributed by atoms with Crippen molar-refractivity contribution in [3.8, 4) is 17.2 Å². The van der Waals surface area contributed by atoms with Crippen molar-refractivity contribution in [3.63, 3.8) is 0 Å². The van der Waals surface area contributed by atoms with Gasteiger partial charge in [-0.15, -0.1) is 0 Å². The molecule has 19 heavy (non-hydrogen) atoms. The van der Waals surface area contributed by atoms with Gasteiger partial charge in [0.2, 0.25) is 11.6 Å². The number of halogens is 1. The molecule has 0 unspecified atom stereocenters. The zero-order valence-electron chi connectivity index (χ0n) is 11.3. The van der Waals surface area contributed by atoms with Crippen LogP contribution in [0.25, 0.3) is 0 Å². The molecule has 0 amide bonds. The van der Waals surface area contributed by atoms with Crippen molar-refractivity contribution in [1.82, 2.24) is 0 Å². The molecule has 2 rings (SSSR count). The standard InChI is InChI=1S/C13H16BrNO4/c1-7-6-15-13(19-7)8-5-9(16-2)11(17-3)12(18-4)10(8)14/h5,7H,6H2,1-4H3/t7-/m0/s1. The number of nitrogens with zero attached hydrogens (tertiary/aromatic N) is 1. The topological polar surface area (TPSA) is 49.3 Å². The SMILES string of the molecule is COc1cc(C2=NC[C@H](C)O2)c(Br)c(OC)c1OC. The zero-order valence-corrected chi connectivity index (χ0v) is 12.9. The van der Waals surface area contributed by atoms with E-state index in [4.69, 9.17) is 18.9 Å². The van der Waals surface area contributed by atoms with E-state index in [9.17, 15) is 0 Å². The van der Waals surface area contributed by atoms with Crippen LogP contribution in [-0.2, 0) is 4.74 Å². The van der Waals surface area contributed by atoms with E-state index in [1.165, 1.54) is 0 Å². The van der Waals surface area contributed by atoms with Crippen LogP contribution in [0.4, 0.5) is 0 Å². The third-order valence-electron chi connectivity index (χ3n) is 2.80. The summed E-state index contributed by atoms with van der Waals surface area (Å²) in [7, 11) is 4.72. The van der Waals surface area contributed by atoms with Crippen molar-refractivity contribution in [1.29, 1.82) is 0 Å². The van der Waals surface area contributed by atoms with Crippen molar-refractivity contribution in [2.45, 2.75) is 13.0 Å². The van der Waals surface area contributed by atoms with E-state index in [1.54, 1.807) is 21.3 Å². The summed E-state index contributed by atoms with van der Waals surface area (Å²) in [4.78, 5) is 4.37. The van der Waals surface area contributed by atoms with E-state index in [0.717, 1.165) is 10.0 Å². The Morgan fingerprint density at radius 3 is 2.37 bits per heavy atom.